The van der Waals surface area contributed by atoms with Crippen LogP contribution < -0.4 is 10.2 Å². The van der Waals surface area contributed by atoms with Crippen molar-refractivity contribution in [2.45, 2.75) is 0 Å². The molecule has 2 aromatic rings. The van der Waals surface area contributed by atoms with Gasteiger partial charge >= 0.3 is 12.1 Å². The number of hydrogen-bond acceptors (Lipinski definition) is 2. The summed E-state index contributed by atoms with van der Waals surface area (Å²) < 4.78 is 0. The Labute approximate surface area is 121 Å². The van der Waals surface area contributed by atoms with Crippen molar-refractivity contribution in [3.05, 3.63) is 59.7 Å². The minimum atomic E-state index is -1.38. The summed E-state index contributed by atoms with van der Waals surface area (Å²) in [5.74, 6) is 0. The molecule has 1 aliphatic rings. The zero-order valence-corrected chi connectivity index (χ0v) is 11.0. The molecule has 3 rings (SSSR count). The number of amides is 3. The summed E-state index contributed by atoms with van der Waals surface area (Å²) in [7, 11) is 0. The molecule has 21 heavy (non-hydrogen) atoms. The molecule has 1 heterocycles. The van der Waals surface area contributed by atoms with E-state index in [1.165, 1.54) is 4.90 Å². The predicted molar refractivity (Wildman–Crippen MR) is 80.5 cm³/mol. The second-order valence-corrected chi connectivity index (χ2v) is 4.52. The number of para-hydroxylation sites is 2. The third-order valence-corrected chi connectivity index (χ3v) is 3.21. The van der Waals surface area contributed by atoms with Crippen molar-refractivity contribution in [2.24, 2.45) is 0 Å². The maximum Gasteiger partial charge on any atom is 0.412 e. The predicted octanol–water partition coefficient (Wildman–Crippen LogP) is 3.70. The molecular weight excluding hydrogens is 268 g/mol. The van der Waals surface area contributed by atoms with Crippen LogP contribution in [0.5, 0.6) is 0 Å². The molecule has 0 atom stereocenters. The second-order valence-electron chi connectivity index (χ2n) is 4.52. The fourth-order valence-electron chi connectivity index (χ4n) is 2.34. The number of benzene rings is 2. The molecule has 0 spiro atoms. The van der Waals surface area contributed by atoms with Crippen LogP contribution in [0, 0.1) is 0 Å². The first-order valence-electron chi connectivity index (χ1n) is 6.37. The average Bonchev–Trinajstić information content (AvgIpc) is 2.63. The van der Waals surface area contributed by atoms with Gasteiger partial charge in [-0.15, -0.1) is 0 Å². The van der Waals surface area contributed by atoms with Crippen LogP contribution in [0.4, 0.5) is 21.0 Å². The molecule has 0 bridgehead atoms. The Morgan fingerprint density at radius 1 is 0.857 bits per heavy atom. The number of carbonyl (C=O) groups excluding carboxylic acids is 1. The number of carbonyl (C=O) groups is 2. The van der Waals surface area contributed by atoms with Crippen LogP contribution in [0.1, 0.15) is 11.1 Å². The van der Waals surface area contributed by atoms with Crippen molar-refractivity contribution in [2.75, 3.05) is 4.90 Å². The lowest BCUT2D eigenvalue weighted by atomic mass is 10.1. The highest BCUT2D eigenvalue weighted by molar-refractivity contribution is 6.09. The van der Waals surface area contributed by atoms with Crippen molar-refractivity contribution < 1.29 is 14.7 Å². The molecule has 0 radical (unpaired) electrons. The Kier molecular flexibility index (Phi) is 3.16. The van der Waals surface area contributed by atoms with Gasteiger partial charge in [0.1, 0.15) is 0 Å². The molecule has 5 nitrogen and oxygen atoms in total. The molecular formula is C16H12N2O3. The molecule has 2 aromatic carbocycles. The Bertz CT molecular complexity index is 703. The van der Waals surface area contributed by atoms with Gasteiger partial charge in [0.2, 0.25) is 0 Å². The fraction of sp³-hybridized carbons (Fsp3) is 0. The van der Waals surface area contributed by atoms with E-state index >= 15 is 0 Å². The van der Waals surface area contributed by atoms with Gasteiger partial charge in [-0.2, -0.15) is 0 Å². The first kappa shape index (κ1) is 12.9. The topological polar surface area (TPSA) is 69.6 Å². The maximum atomic E-state index is 12.3. The van der Waals surface area contributed by atoms with Gasteiger partial charge in [0.15, 0.2) is 0 Å². The van der Waals surface area contributed by atoms with Crippen LogP contribution in [0.25, 0.3) is 12.2 Å². The Morgan fingerprint density at radius 2 is 1.33 bits per heavy atom. The van der Waals surface area contributed by atoms with Gasteiger partial charge in [-0.05, 0) is 23.3 Å². The van der Waals surface area contributed by atoms with Crippen molar-refractivity contribution in [3.8, 4) is 0 Å². The molecule has 3 amide bonds. The van der Waals surface area contributed by atoms with Gasteiger partial charge in [-0.1, -0.05) is 48.6 Å². The number of carboxylic acid groups (broad SMARTS) is 1. The van der Waals surface area contributed by atoms with Gasteiger partial charge in [0.25, 0.3) is 0 Å². The van der Waals surface area contributed by atoms with Gasteiger partial charge in [0.05, 0.1) is 11.4 Å². The third-order valence-electron chi connectivity index (χ3n) is 3.21. The van der Waals surface area contributed by atoms with E-state index in [9.17, 15) is 9.59 Å². The van der Waals surface area contributed by atoms with Crippen LogP contribution in [-0.4, -0.2) is 17.2 Å². The summed E-state index contributed by atoms with van der Waals surface area (Å²) in [4.78, 5) is 24.5. The van der Waals surface area contributed by atoms with Gasteiger partial charge in [-0.3, -0.25) is 4.90 Å². The summed E-state index contributed by atoms with van der Waals surface area (Å²) in [5.41, 5.74) is 2.96. The quantitative estimate of drug-likeness (QED) is 0.773. The largest absolute Gasteiger partial charge is 0.465 e. The number of urea groups is 1. The smallest absolute Gasteiger partial charge is 0.412 e. The molecule has 2 N–H and O–H groups in total. The summed E-state index contributed by atoms with van der Waals surface area (Å²) in [6.07, 6.45) is 2.43. The SMILES string of the molecule is O=C(O)NC(=O)N1c2ccccc2C=Cc2ccccc21. The highest BCUT2D eigenvalue weighted by Crippen LogP contribution is 2.35. The molecule has 104 valence electrons. The Balaban J connectivity index is 2.19. The number of nitrogens with one attached hydrogen (secondary N) is 1. The van der Waals surface area contributed by atoms with Crippen LogP contribution >= 0.6 is 0 Å². The molecule has 0 unspecified atom stereocenters. The Hall–Kier alpha value is -3.08. The van der Waals surface area contributed by atoms with E-state index in [2.05, 4.69) is 0 Å². The maximum absolute atomic E-state index is 12.3. The zero-order chi connectivity index (χ0) is 14.8. The van der Waals surface area contributed by atoms with Crippen LogP contribution in [-0.2, 0) is 0 Å². The summed E-state index contributed by atoms with van der Waals surface area (Å²) in [5, 5.41) is 10.7. The van der Waals surface area contributed by atoms with E-state index in [0.717, 1.165) is 11.1 Å². The lowest BCUT2D eigenvalue weighted by Gasteiger charge is -2.24. The summed E-state index contributed by atoms with van der Waals surface area (Å²) >= 11 is 0. The van der Waals surface area contributed by atoms with Gasteiger partial charge < -0.3 is 5.11 Å². The van der Waals surface area contributed by atoms with Crippen LogP contribution in [0.2, 0.25) is 0 Å². The van der Waals surface area contributed by atoms with E-state index in [1.54, 1.807) is 12.1 Å². The molecule has 0 aliphatic carbocycles. The molecule has 0 saturated carbocycles. The van der Waals surface area contributed by atoms with E-state index in [4.69, 9.17) is 5.11 Å². The van der Waals surface area contributed by atoms with E-state index < -0.39 is 12.1 Å². The van der Waals surface area contributed by atoms with Crippen molar-refractivity contribution in [1.29, 1.82) is 0 Å². The fourth-order valence-corrected chi connectivity index (χ4v) is 2.34. The monoisotopic (exact) mass is 280 g/mol. The number of fused-ring (bicyclic) bond motifs is 2. The number of imide groups is 1. The van der Waals surface area contributed by atoms with E-state index in [1.807, 2.05) is 53.9 Å². The first-order chi connectivity index (χ1) is 10.2. The first-order valence-corrected chi connectivity index (χ1v) is 6.37. The van der Waals surface area contributed by atoms with Gasteiger partial charge in [-0.25, -0.2) is 14.9 Å². The molecule has 0 saturated heterocycles. The van der Waals surface area contributed by atoms with E-state index in [-0.39, 0.29) is 0 Å². The van der Waals surface area contributed by atoms with Crippen LogP contribution in [0.3, 0.4) is 0 Å². The molecule has 5 heteroatoms. The normalized spacial score (nSPS) is 12.1. The average molecular weight is 280 g/mol. The summed E-state index contributed by atoms with van der Waals surface area (Å²) in [6.45, 7) is 0. The highest BCUT2D eigenvalue weighted by atomic mass is 16.4. The summed E-state index contributed by atoms with van der Waals surface area (Å²) in [6, 6.07) is 14.0. The third kappa shape index (κ3) is 2.36. The van der Waals surface area contributed by atoms with Crippen molar-refractivity contribution in [1.82, 2.24) is 5.32 Å². The standard InChI is InChI=1S/C16H12N2O3/c19-15(17-16(20)21)18-13-7-3-1-5-11(13)9-10-12-6-2-4-8-14(12)18/h1-10H,(H,17,19)(H,20,21). The highest BCUT2D eigenvalue weighted by Gasteiger charge is 2.24. The van der Waals surface area contributed by atoms with Crippen LogP contribution in [0.15, 0.2) is 48.5 Å². The number of anilines is 2. The number of hydrogen-bond donors (Lipinski definition) is 2. The molecule has 0 fully saturated rings. The molecule has 0 aromatic heterocycles. The molecule has 1 aliphatic heterocycles. The number of rotatable bonds is 0. The van der Waals surface area contributed by atoms with E-state index in [0.29, 0.717) is 11.4 Å². The zero-order valence-electron chi connectivity index (χ0n) is 11.0. The lowest BCUT2D eigenvalue weighted by Crippen LogP contribution is -2.40. The lowest BCUT2D eigenvalue weighted by molar-refractivity contribution is 0.193. The van der Waals surface area contributed by atoms with Crippen molar-refractivity contribution in [3.63, 3.8) is 0 Å². The van der Waals surface area contributed by atoms with Gasteiger partial charge in [0, 0.05) is 0 Å². The number of nitrogens with zero attached hydrogens (tertiary/aromatic N) is 1. The minimum absolute atomic E-state index is 0.637. The van der Waals surface area contributed by atoms with Crippen molar-refractivity contribution >= 4 is 35.7 Å². The Morgan fingerprint density at radius 3 is 1.81 bits per heavy atom. The minimum Gasteiger partial charge on any atom is -0.465 e. The second kappa shape index (κ2) is 5.13.